The molecule has 1 rings (SSSR count). The second kappa shape index (κ2) is 12.2. The third kappa shape index (κ3) is 8.74. The lowest BCUT2D eigenvalue weighted by Crippen LogP contribution is -2.27. The Hall–Kier alpha value is -1.39. The summed E-state index contributed by atoms with van der Waals surface area (Å²) in [6, 6.07) is 0. The Morgan fingerprint density at radius 2 is 1.96 bits per heavy atom. The lowest BCUT2D eigenvalue weighted by Gasteiger charge is -2.28. The molecule has 0 amide bonds. The molecule has 28 heavy (non-hydrogen) atoms. The van der Waals surface area contributed by atoms with Gasteiger partial charge in [-0.15, -0.1) is 0 Å². The molecule has 0 fully saturated rings. The smallest absolute Gasteiger partial charge is 0.305 e. The van der Waals surface area contributed by atoms with Crippen molar-refractivity contribution in [2.45, 2.75) is 91.3 Å². The number of hydrogen-bond acceptors (Lipinski definition) is 4. The van der Waals surface area contributed by atoms with E-state index in [9.17, 15) is 15.0 Å². The van der Waals surface area contributed by atoms with E-state index in [1.807, 2.05) is 12.2 Å². The Balaban J connectivity index is 2.48. The zero-order valence-electron chi connectivity index (χ0n) is 18.4. The molecule has 0 saturated carbocycles. The first-order chi connectivity index (χ1) is 13.2. The predicted molar refractivity (Wildman–Crippen MR) is 115 cm³/mol. The van der Waals surface area contributed by atoms with Gasteiger partial charge < -0.3 is 14.9 Å². The lowest BCUT2D eigenvalue weighted by atomic mass is 9.81. The number of hydrogen-bond donors (Lipinski definition) is 2. The van der Waals surface area contributed by atoms with Crippen molar-refractivity contribution in [1.82, 2.24) is 0 Å². The van der Waals surface area contributed by atoms with Gasteiger partial charge in [-0.05, 0) is 51.4 Å². The van der Waals surface area contributed by atoms with Gasteiger partial charge in [-0.2, -0.15) is 0 Å². The van der Waals surface area contributed by atoms with E-state index in [-0.39, 0.29) is 17.3 Å². The fourth-order valence-electron chi connectivity index (χ4n) is 3.45. The second-order valence-corrected chi connectivity index (χ2v) is 8.90. The van der Waals surface area contributed by atoms with Crippen LogP contribution in [0.4, 0.5) is 0 Å². The van der Waals surface area contributed by atoms with E-state index in [1.54, 1.807) is 0 Å². The normalized spacial score (nSPS) is 20.9. The SMILES string of the molecule is COC(=O)CCCCCCC1=CC[C@@H](O)[C@@H]1C=C[C@@H](O)C(C)(C)CC=C(C)C. The Morgan fingerprint density at radius 1 is 1.29 bits per heavy atom. The van der Waals surface area contributed by atoms with Crippen LogP contribution >= 0.6 is 0 Å². The average molecular weight is 393 g/mol. The van der Waals surface area contributed by atoms with Crippen molar-refractivity contribution in [2.75, 3.05) is 7.11 Å². The Morgan fingerprint density at radius 3 is 2.61 bits per heavy atom. The monoisotopic (exact) mass is 392 g/mol. The van der Waals surface area contributed by atoms with Crippen LogP contribution in [-0.4, -0.2) is 35.5 Å². The quantitative estimate of drug-likeness (QED) is 0.275. The molecule has 0 radical (unpaired) electrons. The average Bonchev–Trinajstić information content (AvgIpc) is 3.00. The molecule has 0 saturated heterocycles. The summed E-state index contributed by atoms with van der Waals surface area (Å²) in [6.07, 6.45) is 14.2. The van der Waals surface area contributed by atoms with Crippen LogP contribution in [0.25, 0.3) is 0 Å². The number of aliphatic hydroxyl groups excluding tert-OH is 2. The Bertz CT molecular complexity index is 567. The van der Waals surface area contributed by atoms with Crippen molar-refractivity contribution in [3.05, 3.63) is 35.5 Å². The van der Waals surface area contributed by atoms with Crippen molar-refractivity contribution in [2.24, 2.45) is 11.3 Å². The number of rotatable bonds is 12. The van der Waals surface area contributed by atoms with Gasteiger partial charge in [0.05, 0.1) is 19.3 Å². The van der Waals surface area contributed by atoms with E-state index < -0.39 is 12.2 Å². The molecule has 0 aromatic heterocycles. The van der Waals surface area contributed by atoms with E-state index in [1.165, 1.54) is 18.3 Å². The molecule has 0 aromatic carbocycles. The molecule has 160 valence electrons. The zero-order valence-corrected chi connectivity index (χ0v) is 18.4. The molecule has 0 aromatic rings. The van der Waals surface area contributed by atoms with Crippen LogP contribution in [0.3, 0.4) is 0 Å². The first-order valence-electron chi connectivity index (χ1n) is 10.6. The summed E-state index contributed by atoms with van der Waals surface area (Å²) in [6.45, 7) is 8.27. The lowest BCUT2D eigenvalue weighted by molar-refractivity contribution is -0.140. The molecule has 2 N–H and O–H groups in total. The highest BCUT2D eigenvalue weighted by molar-refractivity contribution is 5.68. The van der Waals surface area contributed by atoms with Crippen molar-refractivity contribution < 1.29 is 19.7 Å². The van der Waals surface area contributed by atoms with Crippen molar-refractivity contribution in [3.8, 4) is 0 Å². The maximum Gasteiger partial charge on any atom is 0.305 e. The number of unbranched alkanes of at least 4 members (excludes halogenated alkanes) is 3. The van der Waals surface area contributed by atoms with Crippen LogP contribution in [-0.2, 0) is 9.53 Å². The maximum absolute atomic E-state index is 11.1. The number of ether oxygens (including phenoxy) is 1. The summed E-state index contributed by atoms with van der Waals surface area (Å²) in [7, 11) is 1.42. The van der Waals surface area contributed by atoms with Crippen molar-refractivity contribution in [3.63, 3.8) is 0 Å². The second-order valence-electron chi connectivity index (χ2n) is 8.90. The van der Waals surface area contributed by atoms with Gasteiger partial charge in [-0.25, -0.2) is 0 Å². The summed E-state index contributed by atoms with van der Waals surface area (Å²) >= 11 is 0. The molecule has 4 heteroatoms. The zero-order chi connectivity index (χ0) is 21.2. The highest BCUT2D eigenvalue weighted by Gasteiger charge is 2.28. The van der Waals surface area contributed by atoms with Crippen LogP contribution < -0.4 is 0 Å². The largest absolute Gasteiger partial charge is 0.469 e. The molecule has 4 nitrogen and oxygen atoms in total. The summed E-state index contributed by atoms with van der Waals surface area (Å²) in [5, 5.41) is 20.9. The van der Waals surface area contributed by atoms with E-state index >= 15 is 0 Å². The van der Waals surface area contributed by atoms with Gasteiger partial charge >= 0.3 is 5.97 Å². The number of carbonyl (C=O) groups excluding carboxylic acids is 1. The predicted octanol–water partition coefficient (Wildman–Crippen LogP) is 5.11. The van der Waals surface area contributed by atoms with E-state index in [0.717, 1.165) is 38.5 Å². The molecular formula is C24H40O4. The standard InChI is InChI=1S/C24H40O4/c1-18(2)16-17-24(3,4)22(26)15-13-20-19(12-14-21(20)25)10-8-6-7-9-11-23(27)28-5/h12-13,15-16,20-22,25-26H,6-11,14,17H2,1-5H3/t20-,21-,22-/m1/s1. The van der Waals surface area contributed by atoms with Crippen LogP contribution in [0.5, 0.6) is 0 Å². The molecule has 0 bridgehead atoms. The first kappa shape index (κ1) is 24.6. The maximum atomic E-state index is 11.1. The van der Waals surface area contributed by atoms with Gasteiger partial charge in [0.15, 0.2) is 0 Å². The Labute approximate surface area is 171 Å². The number of methoxy groups -OCH3 is 1. The molecule has 1 aliphatic rings. The minimum atomic E-state index is -0.546. The van der Waals surface area contributed by atoms with Crippen LogP contribution in [0.1, 0.15) is 79.1 Å². The molecule has 0 unspecified atom stereocenters. The summed E-state index contributed by atoms with van der Waals surface area (Å²) in [5.74, 6) is -0.137. The van der Waals surface area contributed by atoms with E-state index in [0.29, 0.717) is 12.8 Å². The van der Waals surface area contributed by atoms with Crippen molar-refractivity contribution >= 4 is 5.97 Å². The highest BCUT2D eigenvalue weighted by atomic mass is 16.5. The van der Waals surface area contributed by atoms with E-state index in [4.69, 9.17) is 0 Å². The molecular weight excluding hydrogens is 352 g/mol. The summed E-state index contributed by atoms with van der Waals surface area (Å²) in [5.41, 5.74) is 2.29. The topological polar surface area (TPSA) is 66.8 Å². The summed E-state index contributed by atoms with van der Waals surface area (Å²) < 4.78 is 4.65. The van der Waals surface area contributed by atoms with Gasteiger partial charge in [0.25, 0.3) is 0 Å². The fourth-order valence-corrected chi connectivity index (χ4v) is 3.45. The van der Waals surface area contributed by atoms with Gasteiger partial charge in [-0.1, -0.05) is 62.1 Å². The van der Waals surface area contributed by atoms with Gasteiger partial charge in [-0.3, -0.25) is 4.79 Å². The number of esters is 1. The van der Waals surface area contributed by atoms with Crippen LogP contribution in [0.2, 0.25) is 0 Å². The van der Waals surface area contributed by atoms with Gasteiger partial charge in [0.2, 0.25) is 0 Å². The number of carbonyl (C=O) groups is 1. The molecule has 3 atom stereocenters. The molecule has 0 aliphatic heterocycles. The minimum Gasteiger partial charge on any atom is -0.469 e. The highest BCUT2D eigenvalue weighted by Crippen LogP contribution is 2.33. The molecule has 0 heterocycles. The van der Waals surface area contributed by atoms with Gasteiger partial charge in [0.1, 0.15) is 0 Å². The van der Waals surface area contributed by atoms with E-state index in [2.05, 4.69) is 44.6 Å². The third-order valence-electron chi connectivity index (χ3n) is 5.63. The first-order valence-corrected chi connectivity index (χ1v) is 10.6. The van der Waals surface area contributed by atoms with Crippen LogP contribution in [0, 0.1) is 11.3 Å². The third-order valence-corrected chi connectivity index (χ3v) is 5.63. The van der Waals surface area contributed by atoms with Crippen molar-refractivity contribution in [1.29, 1.82) is 0 Å². The van der Waals surface area contributed by atoms with Crippen LogP contribution in [0.15, 0.2) is 35.5 Å². The Kier molecular flexibility index (Phi) is 10.8. The van der Waals surface area contributed by atoms with Gasteiger partial charge in [0, 0.05) is 12.3 Å². The number of aliphatic hydroxyl groups is 2. The minimum absolute atomic E-state index is 0.00368. The molecule has 1 aliphatic carbocycles. The molecule has 0 spiro atoms. The summed E-state index contributed by atoms with van der Waals surface area (Å²) in [4.78, 5) is 11.1. The number of allylic oxidation sites excluding steroid dienone is 2. The fraction of sp³-hybridized carbons (Fsp3) is 0.708.